The standard InChI is InChI=1S/C6H10O4.C3H6.C2H6O2/c7-5(8)3-1-2-4-6(9)10;1-3-2;3-1-2-4/h1-4H2,(H,7,8)(H,9,10);3H,1H2,2H3;3-4H,1-2H2. The van der Waals surface area contributed by atoms with Crippen LogP contribution in [0.2, 0.25) is 0 Å². The monoisotopic (exact) mass is 250 g/mol. The molecule has 0 radical (unpaired) electrons. The van der Waals surface area contributed by atoms with Gasteiger partial charge in [-0.3, -0.25) is 9.59 Å². The van der Waals surface area contributed by atoms with E-state index in [4.69, 9.17) is 20.4 Å². The highest BCUT2D eigenvalue weighted by atomic mass is 16.4. The highest BCUT2D eigenvalue weighted by Crippen LogP contribution is 1.98. The first kappa shape index (κ1) is 20.9. The lowest BCUT2D eigenvalue weighted by molar-refractivity contribution is -0.139. The second kappa shape index (κ2) is 20.1. The van der Waals surface area contributed by atoms with Crippen molar-refractivity contribution in [2.45, 2.75) is 32.6 Å². The van der Waals surface area contributed by atoms with Gasteiger partial charge >= 0.3 is 11.9 Å². The van der Waals surface area contributed by atoms with E-state index in [0.29, 0.717) is 12.8 Å². The van der Waals surface area contributed by atoms with Gasteiger partial charge in [-0.2, -0.15) is 0 Å². The molecule has 0 saturated heterocycles. The molecule has 0 saturated carbocycles. The number of aliphatic hydroxyl groups excluding tert-OH is 2. The quantitative estimate of drug-likeness (QED) is 0.411. The lowest BCUT2D eigenvalue weighted by Crippen LogP contribution is -1.97. The fourth-order valence-electron chi connectivity index (χ4n) is 0.552. The summed E-state index contributed by atoms with van der Waals surface area (Å²) in [4.78, 5) is 19.8. The van der Waals surface area contributed by atoms with Crippen molar-refractivity contribution in [1.82, 2.24) is 0 Å². The average Bonchev–Trinajstić information content (AvgIpc) is 2.25. The SMILES string of the molecule is C=CC.O=C(O)CCCCC(=O)O.OCCO. The van der Waals surface area contributed by atoms with Gasteiger partial charge in [-0.05, 0) is 19.8 Å². The highest BCUT2D eigenvalue weighted by molar-refractivity contribution is 5.67. The Balaban J connectivity index is -0.000000232. The molecule has 0 atom stereocenters. The van der Waals surface area contributed by atoms with E-state index < -0.39 is 11.9 Å². The highest BCUT2D eigenvalue weighted by Gasteiger charge is 1.99. The van der Waals surface area contributed by atoms with Crippen molar-refractivity contribution in [1.29, 1.82) is 0 Å². The molecule has 0 amide bonds. The zero-order chi connectivity index (χ0) is 14.1. The molecule has 0 fully saturated rings. The number of unbranched alkanes of at least 4 members (excludes halogenated alkanes) is 1. The van der Waals surface area contributed by atoms with Gasteiger partial charge in [0.2, 0.25) is 0 Å². The van der Waals surface area contributed by atoms with E-state index in [2.05, 4.69) is 6.58 Å². The van der Waals surface area contributed by atoms with Crippen molar-refractivity contribution in [3.8, 4) is 0 Å². The molecule has 0 aromatic carbocycles. The van der Waals surface area contributed by atoms with Crippen molar-refractivity contribution in [3.63, 3.8) is 0 Å². The van der Waals surface area contributed by atoms with Gasteiger partial charge in [0.15, 0.2) is 0 Å². The van der Waals surface area contributed by atoms with E-state index in [9.17, 15) is 9.59 Å². The minimum absolute atomic E-state index is 0.0628. The molecule has 0 aromatic heterocycles. The van der Waals surface area contributed by atoms with Crippen LogP contribution in [0.1, 0.15) is 32.6 Å². The minimum atomic E-state index is -0.870. The Bertz CT molecular complexity index is 172. The van der Waals surface area contributed by atoms with Crippen LogP contribution >= 0.6 is 0 Å². The van der Waals surface area contributed by atoms with Gasteiger partial charge in [0.05, 0.1) is 13.2 Å². The van der Waals surface area contributed by atoms with Crippen LogP contribution in [0.15, 0.2) is 12.7 Å². The topological polar surface area (TPSA) is 115 Å². The second-order valence-corrected chi connectivity index (χ2v) is 2.85. The third-order valence-electron chi connectivity index (χ3n) is 1.13. The average molecular weight is 250 g/mol. The molecule has 4 N–H and O–H groups in total. The van der Waals surface area contributed by atoms with Gasteiger partial charge in [0, 0.05) is 12.8 Å². The number of allylic oxidation sites excluding steroid dienone is 1. The maximum atomic E-state index is 9.90. The number of aliphatic hydroxyl groups is 2. The van der Waals surface area contributed by atoms with E-state index in [0.717, 1.165) is 0 Å². The summed E-state index contributed by atoms with van der Waals surface area (Å²) >= 11 is 0. The molecule has 17 heavy (non-hydrogen) atoms. The first-order valence-corrected chi connectivity index (χ1v) is 5.18. The zero-order valence-electron chi connectivity index (χ0n) is 10.1. The van der Waals surface area contributed by atoms with Crippen LogP contribution in [0, 0.1) is 0 Å². The van der Waals surface area contributed by atoms with Gasteiger partial charge < -0.3 is 20.4 Å². The zero-order valence-corrected chi connectivity index (χ0v) is 10.1. The number of rotatable bonds is 6. The largest absolute Gasteiger partial charge is 0.481 e. The van der Waals surface area contributed by atoms with Crippen LogP contribution in [0.5, 0.6) is 0 Å². The number of carboxylic acid groups (broad SMARTS) is 2. The van der Waals surface area contributed by atoms with Crippen LogP contribution in [-0.4, -0.2) is 45.6 Å². The molecular formula is C11H22O6. The van der Waals surface area contributed by atoms with E-state index >= 15 is 0 Å². The van der Waals surface area contributed by atoms with Crippen LogP contribution in [0.4, 0.5) is 0 Å². The van der Waals surface area contributed by atoms with E-state index in [1.165, 1.54) is 0 Å². The number of carbonyl (C=O) groups is 2. The fraction of sp³-hybridized carbons (Fsp3) is 0.636. The van der Waals surface area contributed by atoms with Crippen molar-refractivity contribution in [3.05, 3.63) is 12.7 Å². The predicted octanol–water partition coefficient (Wildman–Crippen LogP) is 0.879. The summed E-state index contributed by atoms with van der Waals surface area (Å²) in [5.41, 5.74) is 0. The normalized spacial score (nSPS) is 7.94. The second-order valence-electron chi connectivity index (χ2n) is 2.85. The summed E-state index contributed by atoms with van der Waals surface area (Å²) in [6.07, 6.45) is 2.77. The summed E-state index contributed by atoms with van der Waals surface area (Å²) < 4.78 is 0. The Morgan fingerprint density at radius 2 is 1.24 bits per heavy atom. The molecule has 6 heteroatoms. The molecule has 0 aliphatic heterocycles. The number of hydrogen-bond donors (Lipinski definition) is 4. The summed E-state index contributed by atoms with van der Waals surface area (Å²) in [7, 11) is 0. The molecule has 102 valence electrons. The Hall–Kier alpha value is -1.40. The maximum absolute atomic E-state index is 9.90. The van der Waals surface area contributed by atoms with Gasteiger partial charge in [-0.15, -0.1) is 6.58 Å². The van der Waals surface area contributed by atoms with Crippen LogP contribution in [0.3, 0.4) is 0 Å². The van der Waals surface area contributed by atoms with Crippen molar-refractivity contribution in [2.24, 2.45) is 0 Å². The molecule has 0 aliphatic carbocycles. The predicted molar refractivity (Wildman–Crippen MR) is 63.8 cm³/mol. The van der Waals surface area contributed by atoms with Gasteiger partial charge in [0.25, 0.3) is 0 Å². The molecule has 0 rings (SSSR count). The van der Waals surface area contributed by atoms with Crippen LogP contribution < -0.4 is 0 Å². The molecule has 0 spiro atoms. The lowest BCUT2D eigenvalue weighted by atomic mass is 10.2. The number of hydrogen-bond acceptors (Lipinski definition) is 4. The van der Waals surface area contributed by atoms with Gasteiger partial charge in [-0.1, -0.05) is 6.08 Å². The fourth-order valence-corrected chi connectivity index (χ4v) is 0.552. The van der Waals surface area contributed by atoms with E-state index in [1.807, 2.05) is 6.92 Å². The van der Waals surface area contributed by atoms with Gasteiger partial charge in [-0.25, -0.2) is 0 Å². The van der Waals surface area contributed by atoms with Crippen LogP contribution in [0.25, 0.3) is 0 Å². The molecule has 6 nitrogen and oxygen atoms in total. The number of aliphatic carboxylic acids is 2. The molecule has 0 aromatic rings. The third kappa shape index (κ3) is 53.2. The van der Waals surface area contributed by atoms with Crippen molar-refractivity contribution < 1.29 is 30.0 Å². The first-order valence-electron chi connectivity index (χ1n) is 5.18. The molecule has 0 heterocycles. The molecule has 0 unspecified atom stereocenters. The Kier molecular flexibility index (Phi) is 24.7. The van der Waals surface area contributed by atoms with Crippen molar-refractivity contribution in [2.75, 3.05) is 13.2 Å². The Morgan fingerprint density at radius 3 is 1.35 bits per heavy atom. The number of carboxylic acids is 2. The van der Waals surface area contributed by atoms with E-state index in [-0.39, 0.29) is 26.1 Å². The maximum Gasteiger partial charge on any atom is 0.303 e. The van der Waals surface area contributed by atoms with E-state index in [1.54, 1.807) is 6.08 Å². The lowest BCUT2D eigenvalue weighted by Gasteiger charge is -1.92. The minimum Gasteiger partial charge on any atom is -0.481 e. The van der Waals surface area contributed by atoms with Crippen LogP contribution in [-0.2, 0) is 9.59 Å². The first-order chi connectivity index (χ1) is 7.95. The molecule has 0 aliphatic rings. The smallest absolute Gasteiger partial charge is 0.303 e. The molecular weight excluding hydrogens is 228 g/mol. The summed E-state index contributed by atoms with van der Waals surface area (Å²) in [6.45, 7) is 5.00. The summed E-state index contributed by atoms with van der Waals surface area (Å²) in [5.74, 6) is -1.74. The third-order valence-corrected chi connectivity index (χ3v) is 1.13. The Morgan fingerprint density at radius 1 is 1.00 bits per heavy atom. The van der Waals surface area contributed by atoms with Gasteiger partial charge in [0.1, 0.15) is 0 Å². The Labute approximate surface area is 101 Å². The summed E-state index contributed by atoms with van der Waals surface area (Å²) in [6, 6.07) is 0. The molecule has 0 bridgehead atoms. The van der Waals surface area contributed by atoms with Crippen molar-refractivity contribution >= 4 is 11.9 Å². The summed E-state index contributed by atoms with van der Waals surface area (Å²) in [5, 5.41) is 31.5.